The van der Waals surface area contributed by atoms with Gasteiger partial charge in [-0.1, -0.05) is 176 Å². The minimum atomic E-state index is -0.760. The molecule has 3 aliphatic rings. The molecule has 0 N–H and O–H groups in total. The first-order valence-electron chi connectivity index (χ1n) is 21.1. The second-order valence-corrected chi connectivity index (χ2v) is 16.3. The third-order valence-electron chi connectivity index (χ3n) is 13.4. The third-order valence-corrected chi connectivity index (χ3v) is 13.4. The van der Waals surface area contributed by atoms with Crippen molar-refractivity contribution in [2.45, 2.75) is 11.0 Å². The van der Waals surface area contributed by atoms with Crippen molar-refractivity contribution in [3.63, 3.8) is 0 Å². The van der Waals surface area contributed by atoms with Crippen molar-refractivity contribution in [2.24, 2.45) is 0 Å². The number of aromatic nitrogens is 2. The number of benzene rings is 9. The van der Waals surface area contributed by atoms with Gasteiger partial charge < -0.3 is 4.90 Å². The van der Waals surface area contributed by atoms with Crippen molar-refractivity contribution in [1.29, 1.82) is 0 Å². The number of imidazole rings is 1. The Hall–Kier alpha value is -7.95. The summed E-state index contributed by atoms with van der Waals surface area (Å²) in [4.78, 5) is 10.5. The molecule has 0 bridgehead atoms. The van der Waals surface area contributed by atoms with Crippen LogP contribution in [0, 0.1) is 0 Å². The Labute approximate surface area is 354 Å². The SMILES string of the molecule is c1ccc(N2c3nc4ccccc4n3-c3ccc(N4c5ccccc5C(c5ccccc5)(c5ccccc5)c5ccccc54)cc3C23c2ccccc2-c2ccccc23)cc1. The first kappa shape index (κ1) is 34.0. The minimum Gasteiger partial charge on any atom is -0.310 e. The molecule has 10 aromatic rings. The molecule has 0 saturated carbocycles. The largest absolute Gasteiger partial charge is 0.310 e. The molecular formula is C57H38N4. The Morgan fingerprint density at radius 1 is 0.361 bits per heavy atom. The predicted molar refractivity (Wildman–Crippen MR) is 248 cm³/mol. The molecule has 0 saturated heterocycles. The number of rotatable bonds is 4. The lowest BCUT2D eigenvalue weighted by Gasteiger charge is -2.49. The van der Waals surface area contributed by atoms with Crippen molar-refractivity contribution < 1.29 is 0 Å². The molecule has 0 fully saturated rings. The average molecular weight is 779 g/mol. The Morgan fingerprint density at radius 3 is 1.46 bits per heavy atom. The highest BCUT2D eigenvalue weighted by molar-refractivity contribution is 5.96. The van der Waals surface area contributed by atoms with Crippen molar-refractivity contribution >= 4 is 39.7 Å². The van der Waals surface area contributed by atoms with Gasteiger partial charge in [-0.2, -0.15) is 0 Å². The first-order chi connectivity index (χ1) is 30.3. The summed E-state index contributed by atoms with van der Waals surface area (Å²) in [5.41, 5.74) is 17.4. The fraction of sp³-hybridized carbons (Fsp3) is 0.0351. The smallest absolute Gasteiger partial charge is 0.217 e. The number of para-hydroxylation sites is 5. The zero-order valence-corrected chi connectivity index (χ0v) is 33.2. The minimum absolute atomic E-state index is 0.556. The van der Waals surface area contributed by atoms with Crippen LogP contribution in [-0.2, 0) is 11.0 Å². The van der Waals surface area contributed by atoms with Crippen LogP contribution >= 0.6 is 0 Å². The van der Waals surface area contributed by atoms with Crippen LogP contribution in [0.2, 0.25) is 0 Å². The Balaban J connectivity index is 1.16. The molecule has 3 heterocycles. The molecule has 286 valence electrons. The molecule has 2 aliphatic heterocycles. The van der Waals surface area contributed by atoms with Gasteiger partial charge in [0.1, 0.15) is 5.54 Å². The summed E-state index contributed by atoms with van der Waals surface area (Å²) in [6, 6.07) is 84.6. The van der Waals surface area contributed by atoms with Gasteiger partial charge in [-0.25, -0.2) is 4.98 Å². The molecule has 4 nitrogen and oxygen atoms in total. The number of hydrogen-bond donors (Lipinski definition) is 0. The molecule has 0 amide bonds. The van der Waals surface area contributed by atoms with E-state index in [1.165, 1.54) is 50.1 Å². The molecule has 0 radical (unpaired) electrons. The quantitative estimate of drug-likeness (QED) is 0.178. The van der Waals surface area contributed by atoms with E-state index >= 15 is 0 Å². The van der Waals surface area contributed by atoms with E-state index in [-0.39, 0.29) is 0 Å². The predicted octanol–water partition coefficient (Wildman–Crippen LogP) is 13.6. The first-order valence-corrected chi connectivity index (χ1v) is 21.1. The van der Waals surface area contributed by atoms with Gasteiger partial charge in [0, 0.05) is 16.9 Å². The van der Waals surface area contributed by atoms with E-state index in [2.05, 4.69) is 245 Å². The van der Waals surface area contributed by atoms with Crippen LogP contribution in [0.15, 0.2) is 231 Å². The summed E-state index contributed by atoms with van der Waals surface area (Å²) in [5.74, 6) is 0.892. The van der Waals surface area contributed by atoms with Gasteiger partial charge in [0.05, 0.1) is 33.5 Å². The number of hydrogen-bond acceptors (Lipinski definition) is 3. The van der Waals surface area contributed by atoms with Crippen molar-refractivity contribution in [3.05, 3.63) is 269 Å². The summed E-state index contributed by atoms with van der Waals surface area (Å²) in [6.07, 6.45) is 0. The van der Waals surface area contributed by atoms with Crippen LogP contribution in [-0.4, -0.2) is 9.55 Å². The molecule has 1 spiro atoms. The van der Waals surface area contributed by atoms with E-state index in [0.29, 0.717) is 0 Å². The fourth-order valence-electron chi connectivity index (χ4n) is 11.1. The van der Waals surface area contributed by atoms with Gasteiger partial charge in [-0.3, -0.25) is 9.47 Å². The van der Waals surface area contributed by atoms with Gasteiger partial charge in [0.15, 0.2) is 0 Å². The average Bonchev–Trinajstić information content (AvgIpc) is 3.86. The van der Waals surface area contributed by atoms with Crippen LogP contribution in [0.4, 0.5) is 28.7 Å². The molecule has 9 aromatic carbocycles. The van der Waals surface area contributed by atoms with E-state index in [4.69, 9.17) is 4.98 Å². The topological polar surface area (TPSA) is 24.3 Å². The van der Waals surface area contributed by atoms with Gasteiger partial charge in [0.2, 0.25) is 5.95 Å². The highest BCUT2D eigenvalue weighted by Gasteiger charge is 2.55. The highest BCUT2D eigenvalue weighted by Crippen LogP contribution is 2.63. The summed E-state index contributed by atoms with van der Waals surface area (Å²) < 4.78 is 2.38. The van der Waals surface area contributed by atoms with E-state index in [1.54, 1.807) is 0 Å². The Morgan fingerprint density at radius 2 is 0.852 bits per heavy atom. The molecule has 0 unspecified atom stereocenters. The number of fused-ring (bicyclic) bond motifs is 13. The molecule has 13 rings (SSSR count). The molecule has 1 aliphatic carbocycles. The van der Waals surface area contributed by atoms with Crippen LogP contribution in [0.25, 0.3) is 27.8 Å². The lowest BCUT2D eigenvalue weighted by Crippen LogP contribution is -2.48. The standard InChI is InChI=1S/C57H38N4/c1-4-20-39(21-5-1)56(40-22-6-2-7-23-40)47-30-14-17-33-51(47)59(52-34-18-15-31-48(52)56)42-36-37-53-49(38-42)57(45-28-12-10-26-43(45)44-27-11-13-29-46(44)57)61(41-24-8-3-9-25-41)55-58-50-32-16-19-35-54(50)60(53)55/h1-38H. The van der Waals surface area contributed by atoms with Gasteiger partial charge in [-0.05, 0) is 99.1 Å². The Kier molecular flexibility index (Phi) is 7.11. The van der Waals surface area contributed by atoms with Crippen molar-refractivity contribution in [3.8, 4) is 16.8 Å². The third kappa shape index (κ3) is 4.40. The zero-order chi connectivity index (χ0) is 40.1. The maximum Gasteiger partial charge on any atom is 0.217 e. The molecule has 0 atom stereocenters. The van der Waals surface area contributed by atoms with E-state index < -0.39 is 11.0 Å². The molecule has 4 heteroatoms. The highest BCUT2D eigenvalue weighted by atomic mass is 15.4. The van der Waals surface area contributed by atoms with Gasteiger partial charge in [0.25, 0.3) is 0 Å². The van der Waals surface area contributed by atoms with Crippen LogP contribution in [0.1, 0.15) is 38.9 Å². The normalized spacial score (nSPS) is 14.8. The van der Waals surface area contributed by atoms with E-state index in [9.17, 15) is 0 Å². The second kappa shape index (κ2) is 12.8. The maximum absolute atomic E-state index is 5.50. The second-order valence-electron chi connectivity index (χ2n) is 16.3. The van der Waals surface area contributed by atoms with E-state index in [1.807, 2.05) is 0 Å². The van der Waals surface area contributed by atoms with Crippen molar-refractivity contribution in [1.82, 2.24) is 9.55 Å². The summed E-state index contributed by atoms with van der Waals surface area (Å²) in [7, 11) is 0. The monoisotopic (exact) mass is 778 g/mol. The number of anilines is 5. The lowest BCUT2D eigenvalue weighted by atomic mass is 9.62. The maximum atomic E-state index is 5.50. The van der Waals surface area contributed by atoms with Crippen LogP contribution in [0.5, 0.6) is 0 Å². The van der Waals surface area contributed by atoms with Gasteiger partial charge >= 0.3 is 0 Å². The van der Waals surface area contributed by atoms with Gasteiger partial charge in [-0.15, -0.1) is 0 Å². The lowest BCUT2D eigenvalue weighted by molar-refractivity contribution is 0.602. The summed E-state index contributed by atoms with van der Waals surface area (Å²) in [6.45, 7) is 0. The number of nitrogens with zero attached hydrogens (tertiary/aromatic N) is 4. The molecular weight excluding hydrogens is 741 g/mol. The Bertz CT molecular complexity index is 3200. The zero-order valence-electron chi connectivity index (χ0n) is 33.2. The molecule has 1 aromatic heterocycles. The summed E-state index contributed by atoms with van der Waals surface area (Å²) >= 11 is 0. The fourth-order valence-corrected chi connectivity index (χ4v) is 11.1. The van der Waals surface area contributed by atoms with Crippen LogP contribution < -0.4 is 9.80 Å². The summed E-state index contributed by atoms with van der Waals surface area (Å²) in [5, 5.41) is 0. The molecule has 61 heavy (non-hydrogen) atoms. The van der Waals surface area contributed by atoms with E-state index in [0.717, 1.165) is 45.4 Å². The van der Waals surface area contributed by atoms with Crippen molar-refractivity contribution in [2.75, 3.05) is 9.80 Å². The van der Waals surface area contributed by atoms with Crippen LogP contribution in [0.3, 0.4) is 0 Å².